The second-order valence-corrected chi connectivity index (χ2v) is 6.19. The molecule has 0 bridgehead atoms. The number of halogens is 2. The number of aromatic nitrogens is 1. The van der Waals surface area contributed by atoms with Crippen LogP contribution in [0.4, 0.5) is 4.39 Å². The Morgan fingerprint density at radius 2 is 2.32 bits per heavy atom. The van der Waals surface area contributed by atoms with Gasteiger partial charge in [-0.2, -0.15) is 0 Å². The maximum atomic E-state index is 13.1. The van der Waals surface area contributed by atoms with Crippen LogP contribution in [0.25, 0.3) is 0 Å². The number of hydrogen-bond acceptors (Lipinski definition) is 4. The number of thiazole rings is 1. The van der Waals surface area contributed by atoms with Gasteiger partial charge in [0.2, 0.25) is 0 Å². The van der Waals surface area contributed by atoms with Crippen LogP contribution in [0.5, 0.6) is 0 Å². The van der Waals surface area contributed by atoms with E-state index in [0.717, 1.165) is 4.34 Å². The van der Waals surface area contributed by atoms with Crippen LogP contribution in [0.15, 0.2) is 27.9 Å². The minimum atomic E-state index is -0.907. The third kappa shape index (κ3) is 4.19. The molecule has 0 aliphatic carbocycles. The molecule has 1 aromatic carbocycles. The number of carboxylic acid groups (broad SMARTS) is 1. The molecule has 2 aromatic rings. The van der Waals surface area contributed by atoms with E-state index in [4.69, 9.17) is 16.7 Å². The Morgan fingerprint density at radius 1 is 1.53 bits per heavy atom. The van der Waals surface area contributed by atoms with Gasteiger partial charge in [0.05, 0.1) is 12.1 Å². The topological polar surface area (TPSA) is 50.2 Å². The first kappa shape index (κ1) is 14.3. The summed E-state index contributed by atoms with van der Waals surface area (Å²) in [7, 11) is 0. The molecule has 0 aliphatic rings. The fraction of sp³-hybridized carbons (Fsp3) is 0.167. The van der Waals surface area contributed by atoms with E-state index in [1.54, 1.807) is 5.38 Å². The van der Waals surface area contributed by atoms with Crippen molar-refractivity contribution in [3.8, 4) is 0 Å². The van der Waals surface area contributed by atoms with E-state index in [0.29, 0.717) is 22.0 Å². The molecule has 0 unspecified atom stereocenters. The predicted octanol–water partition coefficient (Wildman–Crippen LogP) is 3.86. The molecule has 0 saturated carbocycles. The number of carboxylic acids is 1. The lowest BCUT2D eigenvalue weighted by atomic mass is 10.2. The molecule has 19 heavy (non-hydrogen) atoms. The first-order chi connectivity index (χ1) is 9.04. The summed E-state index contributed by atoms with van der Waals surface area (Å²) in [6.45, 7) is 0. The van der Waals surface area contributed by atoms with Gasteiger partial charge in [-0.25, -0.2) is 9.37 Å². The highest BCUT2D eigenvalue weighted by molar-refractivity contribution is 8.00. The fourth-order valence-electron chi connectivity index (χ4n) is 1.38. The fourth-order valence-corrected chi connectivity index (χ4v) is 3.48. The minimum Gasteiger partial charge on any atom is -0.481 e. The van der Waals surface area contributed by atoms with Gasteiger partial charge in [-0.1, -0.05) is 23.4 Å². The maximum Gasteiger partial charge on any atom is 0.309 e. The highest BCUT2D eigenvalue weighted by atomic mass is 35.5. The summed E-state index contributed by atoms with van der Waals surface area (Å²) >= 11 is 8.74. The zero-order chi connectivity index (χ0) is 13.8. The van der Waals surface area contributed by atoms with Crippen molar-refractivity contribution < 1.29 is 14.3 Å². The predicted molar refractivity (Wildman–Crippen MR) is 74.4 cm³/mol. The van der Waals surface area contributed by atoms with Crippen LogP contribution >= 0.6 is 34.7 Å². The molecule has 7 heteroatoms. The zero-order valence-corrected chi connectivity index (χ0v) is 12.0. The lowest BCUT2D eigenvalue weighted by molar-refractivity contribution is -0.136. The second-order valence-electron chi connectivity index (χ2n) is 3.70. The van der Waals surface area contributed by atoms with E-state index < -0.39 is 5.97 Å². The molecule has 3 nitrogen and oxygen atoms in total. The van der Waals surface area contributed by atoms with E-state index >= 15 is 0 Å². The molecule has 0 radical (unpaired) electrons. The maximum absolute atomic E-state index is 13.1. The van der Waals surface area contributed by atoms with Gasteiger partial charge in [0, 0.05) is 16.2 Å². The molecule has 2 rings (SSSR count). The molecule has 0 atom stereocenters. The molecule has 1 aromatic heterocycles. The Labute approximate surface area is 122 Å². The van der Waals surface area contributed by atoms with Crippen molar-refractivity contribution in [2.75, 3.05) is 0 Å². The third-order valence-electron chi connectivity index (χ3n) is 2.22. The van der Waals surface area contributed by atoms with Gasteiger partial charge in [0.15, 0.2) is 0 Å². The van der Waals surface area contributed by atoms with E-state index in [1.807, 2.05) is 0 Å². The van der Waals surface area contributed by atoms with Crippen LogP contribution in [0.3, 0.4) is 0 Å². The Hall–Kier alpha value is -1.11. The van der Waals surface area contributed by atoms with Crippen molar-refractivity contribution >= 4 is 40.7 Å². The summed E-state index contributed by atoms with van der Waals surface area (Å²) < 4.78 is 13.8. The molecule has 100 valence electrons. The van der Waals surface area contributed by atoms with E-state index in [9.17, 15) is 9.18 Å². The lowest BCUT2D eigenvalue weighted by Gasteiger charge is -2.02. The minimum absolute atomic E-state index is 0.0855. The summed E-state index contributed by atoms with van der Waals surface area (Å²) in [5.41, 5.74) is 1.23. The Morgan fingerprint density at radius 3 is 3.05 bits per heavy atom. The normalized spacial score (nSPS) is 10.6. The van der Waals surface area contributed by atoms with Gasteiger partial charge in [0.1, 0.15) is 10.2 Å². The number of carbonyl (C=O) groups is 1. The summed E-state index contributed by atoms with van der Waals surface area (Å²) in [4.78, 5) is 14.7. The molecule has 0 spiro atoms. The van der Waals surface area contributed by atoms with Gasteiger partial charge in [-0.15, -0.1) is 11.3 Å². The van der Waals surface area contributed by atoms with Crippen molar-refractivity contribution in [2.24, 2.45) is 0 Å². The third-order valence-corrected chi connectivity index (χ3v) is 4.71. The first-order valence-corrected chi connectivity index (χ1v) is 7.52. The van der Waals surface area contributed by atoms with Crippen LogP contribution < -0.4 is 0 Å². The summed E-state index contributed by atoms with van der Waals surface area (Å²) in [6, 6.07) is 4.22. The Balaban J connectivity index is 2.00. The van der Waals surface area contributed by atoms with Crippen molar-refractivity contribution in [2.45, 2.75) is 16.5 Å². The first-order valence-electron chi connectivity index (χ1n) is 5.27. The van der Waals surface area contributed by atoms with Gasteiger partial charge in [0.25, 0.3) is 0 Å². The standard InChI is InChI=1S/C12H9ClFNO2S2/c13-10-2-1-8(14)3-7(10)5-18-12-15-9(6-19-12)4-11(16)17/h1-3,6H,4-5H2,(H,16,17). The zero-order valence-electron chi connectivity index (χ0n) is 9.60. The highest BCUT2D eigenvalue weighted by Gasteiger charge is 2.08. The molecule has 0 saturated heterocycles. The van der Waals surface area contributed by atoms with Crippen molar-refractivity contribution in [1.82, 2.24) is 4.98 Å². The smallest absolute Gasteiger partial charge is 0.309 e. The molecule has 0 amide bonds. The van der Waals surface area contributed by atoms with Crippen LogP contribution in [0.2, 0.25) is 5.02 Å². The number of benzene rings is 1. The van der Waals surface area contributed by atoms with Crippen molar-refractivity contribution in [3.63, 3.8) is 0 Å². The van der Waals surface area contributed by atoms with Gasteiger partial charge in [-0.05, 0) is 23.8 Å². The van der Waals surface area contributed by atoms with E-state index in [-0.39, 0.29) is 12.2 Å². The molecular formula is C12H9ClFNO2S2. The van der Waals surface area contributed by atoms with E-state index in [1.165, 1.54) is 41.3 Å². The molecule has 1 heterocycles. The largest absolute Gasteiger partial charge is 0.481 e. The summed E-state index contributed by atoms with van der Waals surface area (Å²) in [5.74, 6) is -0.739. The molecular weight excluding hydrogens is 309 g/mol. The molecule has 0 fully saturated rings. The highest BCUT2D eigenvalue weighted by Crippen LogP contribution is 2.29. The van der Waals surface area contributed by atoms with Crippen molar-refractivity contribution in [3.05, 3.63) is 45.7 Å². The van der Waals surface area contributed by atoms with Crippen LogP contribution in [-0.4, -0.2) is 16.1 Å². The van der Waals surface area contributed by atoms with Gasteiger partial charge >= 0.3 is 5.97 Å². The van der Waals surface area contributed by atoms with Gasteiger partial charge < -0.3 is 5.11 Å². The van der Waals surface area contributed by atoms with Gasteiger partial charge in [-0.3, -0.25) is 4.79 Å². The lowest BCUT2D eigenvalue weighted by Crippen LogP contribution is -1.99. The number of rotatable bonds is 5. The van der Waals surface area contributed by atoms with Crippen LogP contribution in [-0.2, 0) is 17.0 Å². The average Bonchev–Trinajstić information content (AvgIpc) is 2.77. The van der Waals surface area contributed by atoms with Crippen LogP contribution in [0, 0.1) is 5.82 Å². The summed E-state index contributed by atoms with van der Waals surface area (Å²) in [6.07, 6.45) is -0.0855. The van der Waals surface area contributed by atoms with E-state index in [2.05, 4.69) is 4.98 Å². The molecule has 0 aliphatic heterocycles. The van der Waals surface area contributed by atoms with Crippen LogP contribution in [0.1, 0.15) is 11.3 Å². The SMILES string of the molecule is O=C(O)Cc1csc(SCc2cc(F)ccc2Cl)n1. The number of aliphatic carboxylic acids is 1. The average molecular weight is 318 g/mol. The molecule has 1 N–H and O–H groups in total. The van der Waals surface area contributed by atoms with Crippen molar-refractivity contribution in [1.29, 1.82) is 0 Å². The quantitative estimate of drug-likeness (QED) is 0.851. The monoisotopic (exact) mass is 317 g/mol. The Kier molecular flexibility index (Phi) is 4.79. The Bertz CT molecular complexity index is 603. The number of nitrogens with zero attached hydrogens (tertiary/aromatic N) is 1. The number of thioether (sulfide) groups is 1. The second kappa shape index (κ2) is 6.36. The number of hydrogen-bond donors (Lipinski definition) is 1. The summed E-state index contributed by atoms with van der Waals surface area (Å²) in [5, 5.41) is 10.9.